The molecule has 2 aromatic carbocycles. The third-order valence-electron chi connectivity index (χ3n) is 3.06. The van der Waals surface area contributed by atoms with Gasteiger partial charge in [-0.15, -0.1) is 0 Å². The van der Waals surface area contributed by atoms with Gasteiger partial charge in [0.25, 0.3) is 5.91 Å². The molecule has 0 saturated carbocycles. The van der Waals surface area contributed by atoms with Crippen LogP contribution in [-0.4, -0.2) is 32.8 Å². The van der Waals surface area contributed by atoms with E-state index in [4.69, 9.17) is 27.9 Å². The predicted molar refractivity (Wildman–Crippen MR) is 98.5 cm³/mol. The van der Waals surface area contributed by atoms with Crippen molar-refractivity contribution in [2.24, 2.45) is 5.10 Å². The van der Waals surface area contributed by atoms with Crippen LogP contribution in [0.5, 0.6) is 5.75 Å². The minimum Gasteiger partial charge on any atom is -0.482 e. The molecule has 2 rings (SSSR count). The number of nitrogens with one attached hydrogen (secondary N) is 1. The van der Waals surface area contributed by atoms with E-state index in [-0.39, 0.29) is 6.61 Å². The second-order valence-corrected chi connectivity index (χ2v) is 5.99. The van der Waals surface area contributed by atoms with Crippen LogP contribution in [-0.2, 0) is 4.79 Å². The fourth-order valence-corrected chi connectivity index (χ4v) is 2.13. The first-order valence-corrected chi connectivity index (χ1v) is 7.88. The Hall–Kier alpha value is -2.24. The Balaban J connectivity index is 1.83. The number of anilines is 1. The van der Waals surface area contributed by atoms with E-state index in [9.17, 15) is 4.79 Å². The molecule has 126 valence electrons. The van der Waals surface area contributed by atoms with E-state index in [1.165, 1.54) is 0 Å². The van der Waals surface area contributed by atoms with Crippen LogP contribution in [0.1, 0.15) is 5.56 Å². The Bertz CT molecular complexity index is 731. The maximum atomic E-state index is 11.7. The Morgan fingerprint density at radius 3 is 2.58 bits per heavy atom. The molecule has 0 aliphatic carbocycles. The van der Waals surface area contributed by atoms with E-state index in [2.05, 4.69) is 10.5 Å². The van der Waals surface area contributed by atoms with E-state index in [0.29, 0.717) is 15.8 Å². The second-order valence-electron chi connectivity index (χ2n) is 5.14. The average molecular weight is 366 g/mol. The molecular formula is C17H17Cl2N3O2. The number of nitrogens with zero attached hydrogens (tertiary/aromatic N) is 2. The number of amides is 1. The fourth-order valence-electron chi connectivity index (χ4n) is 1.80. The minimum absolute atomic E-state index is 0.211. The summed E-state index contributed by atoms with van der Waals surface area (Å²) >= 11 is 11.8. The highest BCUT2D eigenvalue weighted by Crippen LogP contribution is 2.27. The molecule has 7 heteroatoms. The van der Waals surface area contributed by atoms with Crippen LogP contribution < -0.4 is 15.1 Å². The summed E-state index contributed by atoms with van der Waals surface area (Å²) in [6.07, 6.45) is 1.56. The van der Waals surface area contributed by atoms with Gasteiger partial charge in [0.1, 0.15) is 5.75 Å². The van der Waals surface area contributed by atoms with Crippen molar-refractivity contribution in [3.05, 3.63) is 58.1 Å². The zero-order valence-electron chi connectivity index (χ0n) is 13.3. The molecule has 0 bridgehead atoms. The predicted octanol–water partition coefficient (Wildman–Crippen LogP) is 3.59. The van der Waals surface area contributed by atoms with Gasteiger partial charge in [0.2, 0.25) is 0 Å². The van der Waals surface area contributed by atoms with Gasteiger partial charge in [-0.1, -0.05) is 35.3 Å². The molecule has 0 atom stereocenters. The first kappa shape index (κ1) is 18.1. The lowest BCUT2D eigenvalue weighted by Crippen LogP contribution is -2.24. The molecule has 5 nitrogen and oxygen atoms in total. The standard InChI is InChI=1S/C17H17Cl2N3O2/c1-22(2)14-6-3-12(4-7-14)10-20-21-17(23)11-24-16-9-13(18)5-8-15(16)19/h3-10H,11H2,1-2H3,(H,21,23)/b20-10+. The fraction of sp³-hybridized carbons (Fsp3) is 0.176. The maximum Gasteiger partial charge on any atom is 0.277 e. The maximum absolute atomic E-state index is 11.7. The molecule has 0 unspecified atom stereocenters. The van der Waals surface area contributed by atoms with Crippen LogP contribution >= 0.6 is 23.2 Å². The number of carbonyl (C=O) groups is 1. The van der Waals surface area contributed by atoms with Gasteiger partial charge in [0.05, 0.1) is 11.2 Å². The van der Waals surface area contributed by atoms with E-state index >= 15 is 0 Å². The van der Waals surface area contributed by atoms with Gasteiger partial charge < -0.3 is 9.64 Å². The third kappa shape index (κ3) is 5.44. The molecule has 1 N–H and O–H groups in total. The zero-order chi connectivity index (χ0) is 17.5. The van der Waals surface area contributed by atoms with Gasteiger partial charge in [-0.3, -0.25) is 4.79 Å². The lowest BCUT2D eigenvalue weighted by molar-refractivity contribution is -0.123. The van der Waals surface area contributed by atoms with E-state index in [0.717, 1.165) is 11.3 Å². The lowest BCUT2D eigenvalue weighted by Gasteiger charge is -2.11. The van der Waals surface area contributed by atoms with Crippen LogP contribution in [0.2, 0.25) is 10.0 Å². The molecule has 0 aromatic heterocycles. The summed E-state index contributed by atoms with van der Waals surface area (Å²) in [5.41, 5.74) is 4.35. The van der Waals surface area contributed by atoms with Crippen molar-refractivity contribution in [1.29, 1.82) is 0 Å². The van der Waals surface area contributed by atoms with Crippen LogP contribution in [0.3, 0.4) is 0 Å². The summed E-state index contributed by atoms with van der Waals surface area (Å²) in [5.74, 6) is -0.0465. The molecule has 0 heterocycles. The highest BCUT2D eigenvalue weighted by Gasteiger charge is 2.06. The molecule has 0 aliphatic heterocycles. The Morgan fingerprint density at radius 2 is 1.92 bits per heavy atom. The number of rotatable bonds is 6. The molecule has 1 amide bonds. The first-order chi connectivity index (χ1) is 11.5. The van der Waals surface area contributed by atoms with Gasteiger partial charge in [-0.25, -0.2) is 5.43 Å². The van der Waals surface area contributed by atoms with Crippen molar-refractivity contribution in [3.8, 4) is 5.75 Å². The Morgan fingerprint density at radius 1 is 1.21 bits per heavy atom. The zero-order valence-corrected chi connectivity index (χ0v) is 14.8. The summed E-state index contributed by atoms with van der Waals surface area (Å²) in [5, 5.41) is 4.76. The topological polar surface area (TPSA) is 53.9 Å². The number of carbonyl (C=O) groups excluding carboxylic acids is 1. The van der Waals surface area contributed by atoms with E-state index in [1.54, 1.807) is 24.4 Å². The Kier molecular flexibility index (Phi) is 6.46. The minimum atomic E-state index is -0.396. The molecule has 0 spiro atoms. The number of hydrogen-bond donors (Lipinski definition) is 1. The van der Waals surface area contributed by atoms with E-state index in [1.807, 2.05) is 43.3 Å². The molecule has 0 fully saturated rings. The highest BCUT2D eigenvalue weighted by molar-refractivity contribution is 6.34. The van der Waals surface area contributed by atoms with Crippen molar-refractivity contribution < 1.29 is 9.53 Å². The number of hydrogen-bond acceptors (Lipinski definition) is 4. The van der Waals surface area contributed by atoms with Crippen LogP contribution in [0.4, 0.5) is 5.69 Å². The quantitative estimate of drug-likeness (QED) is 0.628. The molecular weight excluding hydrogens is 349 g/mol. The number of hydrazone groups is 1. The van der Waals surface area contributed by atoms with Gasteiger partial charge in [0, 0.05) is 30.9 Å². The third-order valence-corrected chi connectivity index (χ3v) is 3.61. The summed E-state index contributed by atoms with van der Waals surface area (Å²) in [4.78, 5) is 13.7. The smallest absolute Gasteiger partial charge is 0.277 e. The summed E-state index contributed by atoms with van der Waals surface area (Å²) in [6.45, 7) is -0.211. The summed E-state index contributed by atoms with van der Waals surface area (Å²) in [7, 11) is 3.94. The van der Waals surface area contributed by atoms with Crippen molar-refractivity contribution >= 4 is 41.0 Å². The molecule has 0 saturated heterocycles. The molecule has 24 heavy (non-hydrogen) atoms. The molecule has 0 radical (unpaired) electrons. The largest absolute Gasteiger partial charge is 0.482 e. The summed E-state index contributed by atoms with van der Waals surface area (Å²) in [6, 6.07) is 12.5. The van der Waals surface area contributed by atoms with Gasteiger partial charge in [-0.05, 0) is 29.8 Å². The SMILES string of the molecule is CN(C)c1ccc(/C=N/NC(=O)COc2cc(Cl)ccc2Cl)cc1. The van der Waals surface area contributed by atoms with Gasteiger partial charge in [-0.2, -0.15) is 5.10 Å². The van der Waals surface area contributed by atoms with Gasteiger partial charge in [0.15, 0.2) is 6.61 Å². The number of benzene rings is 2. The first-order valence-electron chi connectivity index (χ1n) is 7.13. The normalized spacial score (nSPS) is 10.7. The van der Waals surface area contributed by atoms with Crippen LogP contribution in [0.25, 0.3) is 0 Å². The monoisotopic (exact) mass is 365 g/mol. The number of ether oxygens (including phenoxy) is 1. The molecule has 2 aromatic rings. The highest BCUT2D eigenvalue weighted by atomic mass is 35.5. The summed E-state index contributed by atoms with van der Waals surface area (Å²) < 4.78 is 5.32. The van der Waals surface area contributed by atoms with Crippen LogP contribution in [0.15, 0.2) is 47.6 Å². The van der Waals surface area contributed by atoms with Crippen molar-refractivity contribution in [1.82, 2.24) is 5.43 Å². The molecule has 0 aliphatic rings. The lowest BCUT2D eigenvalue weighted by atomic mass is 10.2. The average Bonchev–Trinajstić information content (AvgIpc) is 2.56. The van der Waals surface area contributed by atoms with E-state index < -0.39 is 5.91 Å². The van der Waals surface area contributed by atoms with Crippen molar-refractivity contribution in [2.75, 3.05) is 25.6 Å². The Labute approximate surface area is 150 Å². The van der Waals surface area contributed by atoms with Gasteiger partial charge >= 0.3 is 0 Å². The second kappa shape index (κ2) is 8.57. The number of halogens is 2. The van der Waals surface area contributed by atoms with Crippen molar-refractivity contribution in [2.45, 2.75) is 0 Å². The van der Waals surface area contributed by atoms with Crippen molar-refractivity contribution in [3.63, 3.8) is 0 Å². The van der Waals surface area contributed by atoms with Crippen LogP contribution in [0, 0.1) is 0 Å².